The van der Waals surface area contributed by atoms with Crippen LogP contribution in [0.3, 0.4) is 0 Å². The van der Waals surface area contributed by atoms with Gasteiger partial charge in [0, 0.05) is 0 Å². The van der Waals surface area contributed by atoms with E-state index in [2.05, 4.69) is 6.58 Å². The third-order valence-electron chi connectivity index (χ3n) is 1.55. The van der Waals surface area contributed by atoms with Crippen molar-refractivity contribution in [3.05, 3.63) is 12.7 Å². The smallest absolute Gasteiger partial charge is 0.310 e. The van der Waals surface area contributed by atoms with Crippen LogP contribution in [0.25, 0.3) is 0 Å². The first-order valence-electron chi connectivity index (χ1n) is 3.84. The molecule has 0 N–H and O–H groups in total. The zero-order chi connectivity index (χ0) is 8.91. The number of hydrogen-bond acceptors (Lipinski definition) is 2. The van der Waals surface area contributed by atoms with E-state index in [0.29, 0.717) is 6.42 Å². The Morgan fingerprint density at radius 2 is 2.18 bits per heavy atom. The minimum Gasteiger partial charge on any atom is -0.459 e. The molecule has 0 aromatic heterocycles. The van der Waals surface area contributed by atoms with E-state index < -0.39 is 0 Å². The minimum atomic E-state index is -0.333. The summed E-state index contributed by atoms with van der Waals surface area (Å²) < 4.78 is 5.12. The van der Waals surface area contributed by atoms with Gasteiger partial charge < -0.3 is 4.74 Å². The van der Waals surface area contributed by atoms with Crippen molar-refractivity contribution >= 4 is 5.97 Å². The van der Waals surface area contributed by atoms with Crippen molar-refractivity contribution in [1.29, 1.82) is 0 Å². The number of rotatable bonds is 4. The van der Waals surface area contributed by atoms with Crippen molar-refractivity contribution in [3.63, 3.8) is 0 Å². The molecule has 64 valence electrons. The van der Waals surface area contributed by atoms with Crippen LogP contribution in [0.1, 0.15) is 33.6 Å². The summed E-state index contributed by atoms with van der Waals surface area (Å²) in [6.45, 7) is 9.24. The number of carbonyl (C=O) groups excluding carboxylic acids is 1. The Kier molecular flexibility index (Phi) is 3.86. The molecule has 0 aromatic carbocycles. The molecule has 0 rings (SSSR count). The zero-order valence-electron chi connectivity index (χ0n) is 7.52. The van der Waals surface area contributed by atoms with E-state index in [1.54, 1.807) is 6.08 Å². The van der Waals surface area contributed by atoms with Crippen LogP contribution in [0.2, 0.25) is 0 Å². The maximum absolute atomic E-state index is 10.9. The molecule has 0 radical (unpaired) electrons. The highest BCUT2D eigenvalue weighted by Gasteiger charge is 2.18. The molecule has 0 saturated carbocycles. The summed E-state index contributed by atoms with van der Waals surface area (Å²) in [7, 11) is 0. The van der Waals surface area contributed by atoms with Crippen molar-refractivity contribution < 1.29 is 9.53 Å². The minimum absolute atomic E-state index is 0.202. The second-order valence-electron chi connectivity index (χ2n) is 3.08. The maximum Gasteiger partial charge on any atom is 0.310 e. The lowest BCUT2D eigenvalue weighted by atomic mass is 10.1. The van der Waals surface area contributed by atoms with Crippen LogP contribution in [-0.4, -0.2) is 11.6 Å². The summed E-state index contributed by atoms with van der Waals surface area (Å²) in [6.07, 6.45) is 2.67. The van der Waals surface area contributed by atoms with Gasteiger partial charge in [0.25, 0.3) is 0 Å². The van der Waals surface area contributed by atoms with Gasteiger partial charge in [0.15, 0.2) is 0 Å². The lowest BCUT2D eigenvalue weighted by Gasteiger charge is -2.22. The van der Waals surface area contributed by atoms with Crippen LogP contribution in [-0.2, 0) is 9.53 Å². The topological polar surface area (TPSA) is 26.3 Å². The van der Waals surface area contributed by atoms with Crippen LogP contribution in [0.5, 0.6) is 0 Å². The van der Waals surface area contributed by atoms with Gasteiger partial charge in [-0.2, -0.15) is 0 Å². The molecule has 0 amide bonds. The van der Waals surface area contributed by atoms with Gasteiger partial charge >= 0.3 is 5.97 Å². The van der Waals surface area contributed by atoms with Gasteiger partial charge in [-0.05, 0) is 20.3 Å². The van der Waals surface area contributed by atoms with Crippen molar-refractivity contribution in [3.8, 4) is 0 Å². The third-order valence-corrected chi connectivity index (χ3v) is 1.55. The Bertz CT molecular complexity index is 148. The Morgan fingerprint density at radius 1 is 1.64 bits per heavy atom. The molecule has 0 aliphatic rings. The van der Waals surface area contributed by atoms with E-state index in [9.17, 15) is 4.79 Å². The number of ether oxygens (including phenoxy) is 1. The van der Waals surface area contributed by atoms with Gasteiger partial charge in [-0.15, -0.1) is 6.58 Å². The molecule has 0 heterocycles. The first-order valence-corrected chi connectivity index (χ1v) is 3.84. The normalized spacial score (nSPS) is 10.8. The molecule has 0 aromatic rings. The zero-order valence-corrected chi connectivity index (χ0v) is 7.52. The predicted octanol–water partition coefficient (Wildman–Crippen LogP) is 2.29. The van der Waals surface area contributed by atoms with Crippen LogP contribution in [0, 0.1) is 0 Å². The average Bonchev–Trinajstić information content (AvgIpc) is 1.87. The molecular formula is C9H16O2. The summed E-state index contributed by atoms with van der Waals surface area (Å²) in [5, 5.41) is 0. The van der Waals surface area contributed by atoms with E-state index in [0.717, 1.165) is 6.42 Å². The van der Waals surface area contributed by atoms with Crippen molar-refractivity contribution in [2.75, 3.05) is 0 Å². The van der Waals surface area contributed by atoms with Crippen molar-refractivity contribution in [1.82, 2.24) is 0 Å². The Hall–Kier alpha value is -0.790. The highest BCUT2D eigenvalue weighted by atomic mass is 16.6. The van der Waals surface area contributed by atoms with E-state index in [4.69, 9.17) is 4.74 Å². The molecule has 0 spiro atoms. The number of esters is 1. The molecule has 0 unspecified atom stereocenters. The second-order valence-corrected chi connectivity index (χ2v) is 3.08. The van der Waals surface area contributed by atoms with Gasteiger partial charge in [-0.25, -0.2) is 0 Å². The molecule has 0 bridgehead atoms. The Labute approximate surface area is 68.2 Å². The molecule has 0 aliphatic carbocycles. The third kappa shape index (κ3) is 4.59. The van der Waals surface area contributed by atoms with Crippen molar-refractivity contribution in [2.24, 2.45) is 0 Å². The molecule has 0 atom stereocenters. The van der Waals surface area contributed by atoms with E-state index >= 15 is 0 Å². The largest absolute Gasteiger partial charge is 0.459 e. The fourth-order valence-corrected chi connectivity index (χ4v) is 0.540. The summed E-state index contributed by atoms with van der Waals surface area (Å²) in [4.78, 5) is 10.9. The van der Waals surface area contributed by atoms with E-state index in [1.165, 1.54) is 0 Å². The first-order chi connectivity index (χ1) is 5.02. The molecule has 11 heavy (non-hydrogen) atoms. The first kappa shape index (κ1) is 10.2. The standard InChI is InChI=1S/C9H16O2/c1-5-7-8(10)11-9(3,4)6-2/h5H,1,6-7H2,2-4H3. The quantitative estimate of drug-likeness (QED) is 0.461. The Balaban J connectivity index is 3.82. The number of hydrogen-bond donors (Lipinski definition) is 0. The molecule has 0 aliphatic heterocycles. The maximum atomic E-state index is 10.9. The summed E-state index contributed by atoms with van der Waals surface area (Å²) in [5.74, 6) is -0.202. The molecule has 0 fully saturated rings. The molecule has 2 heteroatoms. The summed E-state index contributed by atoms with van der Waals surface area (Å²) in [5.41, 5.74) is -0.333. The van der Waals surface area contributed by atoms with Gasteiger partial charge in [0.2, 0.25) is 0 Å². The lowest BCUT2D eigenvalue weighted by molar-refractivity contribution is -0.155. The monoisotopic (exact) mass is 156 g/mol. The summed E-state index contributed by atoms with van der Waals surface area (Å²) in [6, 6.07) is 0. The fourth-order valence-electron chi connectivity index (χ4n) is 0.540. The number of carbonyl (C=O) groups is 1. The lowest BCUT2D eigenvalue weighted by Crippen LogP contribution is -2.26. The Morgan fingerprint density at radius 3 is 2.55 bits per heavy atom. The highest BCUT2D eigenvalue weighted by molar-refractivity contribution is 5.71. The predicted molar refractivity (Wildman–Crippen MR) is 45.3 cm³/mol. The second kappa shape index (κ2) is 4.16. The highest BCUT2D eigenvalue weighted by Crippen LogP contribution is 2.14. The van der Waals surface area contributed by atoms with Gasteiger partial charge in [0.1, 0.15) is 5.60 Å². The van der Waals surface area contributed by atoms with Crippen LogP contribution in [0.15, 0.2) is 12.7 Å². The van der Waals surface area contributed by atoms with Gasteiger partial charge in [-0.1, -0.05) is 13.0 Å². The van der Waals surface area contributed by atoms with Crippen LogP contribution >= 0.6 is 0 Å². The molecule has 2 nitrogen and oxygen atoms in total. The van der Waals surface area contributed by atoms with Crippen LogP contribution < -0.4 is 0 Å². The average molecular weight is 156 g/mol. The molecular weight excluding hydrogens is 140 g/mol. The SMILES string of the molecule is C=CCC(=O)OC(C)(C)CC. The fraction of sp³-hybridized carbons (Fsp3) is 0.667. The van der Waals surface area contributed by atoms with Crippen LogP contribution in [0.4, 0.5) is 0 Å². The summed E-state index contributed by atoms with van der Waals surface area (Å²) >= 11 is 0. The van der Waals surface area contributed by atoms with Gasteiger partial charge in [-0.3, -0.25) is 4.79 Å². The van der Waals surface area contributed by atoms with E-state index in [1.807, 2.05) is 20.8 Å². The molecule has 0 saturated heterocycles. The van der Waals surface area contributed by atoms with E-state index in [-0.39, 0.29) is 11.6 Å². The van der Waals surface area contributed by atoms with Crippen molar-refractivity contribution in [2.45, 2.75) is 39.2 Å². The van der Waals surface area contributed by atoms with Gasteiger partial charge in [0.05, 0.1) is 6.42 Å².